The minimum absolute atomic E-state index is 0.0518. The van der Waals surface area contributed by atoms with Crippen LogP contribution >= 0.6 is 11.6 Å². The molecule has 0 bridgehead atoms. The Balaban J connectivity index is 1.99. The Morgan fingerprint density at radius 2 is 1.79 bits per heavy atom. The lowest BCUT2D eigenvalue weighted by Gasteiger charge is -2.17. The highest BCUT2D eigenvalue weighted by molar-refractivity contribution is 6.31. The third-order valence-corrected chi connectivity index (χ3v) is 4.41. The highest BCUT2D eigenvalue weighted by Crippen LogP contribution is 2.43. The van der Waals surface area contributed by atoms with Gasteiger partial charge in [-0.15, -0.1) is 0 Å². The summed E-state index contributed by atoms with van der Waals surface area (Å²) < 4.78 is 16.2. The van der Waals surface area contributed by atoms with E-state index >= 15 is 0 Å². The molecule has 2 aromatic rings. The van der Waals surface area contributed by atoms with Crippen molar-refractivity contribution in [1.82, 2.24) is 0 Å². The second-order valence-electron chi connectivity index (χ2n) is 5.47. The van der Waals surface area contributed by atoms with Crippen molar-refractivity contribution in [2.75, 3.05) is 26.6 Å². The van der Waals surface area contributed by atoms with Crippen molar-refractivity contribution in [2.45, 2.75) is 12.3 Å². The Hall–Kier alpha value is -2.40. The lowest BCUT2D eigenvalue weighted by Crippen LogP contribution is -2.15. The first kappa shape index (κ1) is 16.5. The van der Waals surface area contributed by atoms with Gasteiger partial charge in [0.2, 0.25) is 11.7 Å². The second-order valence-corrected chi connectivity index (χ2v) is 5.91. The molecule has 0 aromatic heterocycles. The molecule has 0 saturated heterocycles. The number of ether oxygens (including phenoxy) is 3. The molecule has 6 heteroatoms. The summed E-state index contributed by atoms with van der Waals surface area (Å²) in [6.45, 7) is 0. The van der Waals surface area contributed by atoms with Crippen LogP contribution in [0.25, 0.3) is 0 Å². The number of hydrogen-bond acceptors (Lipinski definition) is 4. The van der Waals surface area contributed by atoms with Gasteiger partial charge in [-0.25, -0.2) is 0 Å². The van der Waals surface area contributed by atoms with Crippen molar-refractivity contribution >= 4 is 23.2 Å². The summed E-state index contributed by atoms with van der Waals surface area (Å²) >= 11 is 6.00. The van der Waals surface area contributed by atoms with Gasteiger partial charge in [-0.3, -0.25) is 4.79 Å². The SMILES string of the molecule is COc1ccc(C[C@H]2C(=O)Nc3cc(Cl)ccc32)c(OC)c1OC. The van der Waals surface area contributed by atoms with Gasteiger partial charge in [0.1, 0.15) is 0 Å². The van der Waals surface area contributed by atoms with Crippen LogP contribution in [0, 0.1) is 0 Å². The van der Waals surface area contributed by atoms with E-state index in [0.29, 0.717) is 28.7 Å². The summed E-state index contributed by atoms with van der Waals surface area (Å²) in [6, 6.07) is 9.14. The van der Waals surface area contributed by atoms with Crippen molar-refractivity contribution < 1.29 is 19.0 Å². The Morgan fingerprint density at radius 1 is 1.04 bits per heavy atom. The number of methoxy groups -OCH3 is 3. The first-order valence-electron chi connectivity index (χ1n) is 7.47. The maximum Gasteiger partial charge on any atom is 0.232 e. The number of carbonyl (C=O) groups excluding carboxylic acids is 1. The molecule has 2 aromatic carbocycles. The molecule has 0 spiro atoms. The fourth-order valence-corrected chi connectivity index (χ4v) is 3.22. The topological polar surface area (TPSA) is 56.8 Å². The first-order valence-corrected chi connectivity index (χ1v) is 7.85. The molecule has 1 atom stereocenters. The van der Waals surface area contributed by atoms with Crippen LogP contribution in [-0.2, 0) is 11.2 Å². The number of halogens is 1. The third kappa shape index (κ3) is 2.76. The van der Waals surface area contributed by atoms with Gasteiger partial charge in [-0.05, 0) is 35.7 Å². The van der Waals surface area contributed by atoms with E-state index in [1.807, 2.05) is 18.2 Å². The van der Waals surface area contributed by atoms with E-state index in [1.165, 1.54) is 0 Å². The zero-order chi connectivity index (χ0) is 17.3. The number of benzene rings is 2. The average Bonchev–Trinajstić information content (AvgIpc) is 2.88. The number of fused-ring (bicyclic) bond motifs is 1. The maximum absolute atomic E-state index is 12.4. The van der Waals surface area contributed by atoms with Crippen molar-refractivity contribution in [3.05, 3.63) is 46.5 Å². The minimum atomic E-state index is -0.302. The molecule has 1 aliphatic heterocycles. The molecule has 0 unspecified atom stereocenters. The van der Waals surface area contributed by atoms with Crippen molar-refractivity contribution in [2.24, 2.45) is 0 Å². The van der Waals surface area contributed by atoms with Crippen LogP contribution in [0.15, 0.2) is 30.3 Å². The van der Waals surface area contributed by atoms with Crippen molar-refractivity contribution in [3.8, 4) is 17.2 Å². The summed E-state index contributed by atoms with van der Waals surface area (Å²) in [5, 5.41) is 3.47. The van der Waals surface area contributed by atoms with E-state index in [9.17, 15) is 4.79 Å². The summed E-state index contributed by atoms with van der Waals surface area (Å²) in [5.41, 5.74) is 2.57. The van der Waals surface area contributed by atoms with Crippen LogP contribution in [0.2, 0.25) is 5.02 Å². The predicted octanol–water partition coefficient (Wildman–Crippen LogP) is 3.64. The molecule has 24 heavy (non-hydrogen) atoms. The lowest BCUT2D eigenvalue weighted by molar-refractivity contribution is -0.117. The molecule has 0 radical (unpaired) electrons. The van der Waals surface area contributed by atoms with Crippen molar-refractivity contribution in [3.63, 3.8) is 0 Å². The van der Waals surface area contributed by atoms with Crippen LogP contribution in [0.4, 0.5) is 5.69 Å². The molecular formula is C18H18ClNO4. The highest BCUT2D eigenvalue weighted by atomic mass is 35.5. The van der Waals surface area contributed by atoms with Gasteiger partial charge in [-0.2, -0.15) is 0 Å². The molecule has 0 aliphatic carbocycles. The molecule has 1 heterocycles. The quantitative estimate of drug-likeness (QED) is 0.897. The van der Waals surface area contributed by atoms with Gasteiger partial charge in [0.15, 0.2) is 11.5 Å². The number of anilines is 1. The summed E-state index contributed by atoms with van der Waals surface area (Å²) in [7, 11) is 4.70. The number of carbonyl (C=O) groups is 1. The van der Waals surface area contributed by atoms with E-state index in [1.54, 1.807) is 33.5 Å². The Bertz CT molecular complexity index is 791. The van der Waals surface area contributed by atoms with E-state index in [0.717, 1.165) is 16.8 Å². The van der Waals surface area contributed by atoms with Gasteiger partial charge >= 0.3 is 0 Å². The second kappa shape index (κ2) is 6.61. The maximum atomic E-state index is 12.4. The summed E-state index contributed by atoms with van der Waals surface area (Å²) in [4.78, 5) is 12.4. The highest BCUT2D eigenvalue weighted by Gasteiger charge is 2.32. The number of amides is 1. The van der Waals surface area contributed by atoms with Gasteiger partial charge in [-0.1, -0.05) is 23.7 Å². The summed E-state index contributed by atoms with van der Waals surface area (Å²) in [6.07, 6.45) is 0.490. The van der Waals surface area contributed by atoms with E-state index in [2.05, 4.69) is 5.32 Å². The van der Waals surface area contributed by atoms with Gasteiger partial charge in [0.05, 0.1) is 27.2 Å². The molecule has 1 N–H and O–H groups in total. The third-order valence-electron chi connectivity index (χ3n) is 4.17. The molecule has 1 aliphatic rings. The van der Waals surface area contributed by atoms with E-state index < -0.39 is 0 Å². The molecule has 126 valence electrons. The van der Waals surface area contributed by atoms with Crippen molar-refractivity contribution in [1.29, 1.82) is 0 Å². The summed E-state index contributed by atoms with van der Waals surface area (Å²) in [5.74, 6) is 1.33. The zero-order valence-electron chi connectivity index (χ0n) is 13.7. The Morgan fingerprint density at radius 3 is 2.46 bits per heavy atom. The monoisotopic (exact) mass is 347 g/mol. The Labute approximate surface area is 145 Å². The van der Waals surface area contributed by atoms with Crippen LogP contribution < -0.4 is 19.5 Å². The van der Waals surface area contributed by atoms with Crippen LogP contribution in [0.3, 0.4) is 0 Å². The molecule has 5 nitrogen and oxygen atoms in total. The molecule has 3 rings (SSSR count). The van der Waals surface area contributed by atoms with Gasteiger partial charge in [0, 0.05) is 10.7 Å². The number of rotatable bonds is 5. The fraction of sp³-hybridized carbons (Fsp3) is 0.278. The molecule has 0 fully saturated rings. The normalized spacial score (nSPS) is 15.7. The first-order chi connectivity index (χ1) is 11.6. The lowest BCUT2D eigenvalue weighted by atomic mass is 9.92. The average molecular weight is 348 g/mol. The van der Waals surface area contributed by atoms with Gasteiger partial charge < -0.3 is 19.5 Å². The van der Waals surface area contributed by atoms with E-state index in [-0.39, 0.29) is 11.8 Å². The van der Waals surface area contributed by atoms with Gasteiger partial charge in [0.25, 0.3) is 0 Å². The largest absolute Gasteiger partial charge is 0.493 e. The smallest absolute Gasteiger partial charge is 0.232 e. The van der Waals surface area contributed by atoms with Crippen LogP contribution in [0.5, 0.6) is 17.2 Å². The minimum Gasteiger partial charge on any atom is -0.493 e. The fourth-order valence-electron chi connectivity index (χ4n) is 3.05. The standard InChI is InChI=1S/C18H18ClNO4/c1-22-15-7-4-10(16(23-2)17(15)24-3)8-13-12-6-5-11(19)9-14(12)20-18(13)21/h4-7,9,13H,8H2,1-3H3,(H,20,21)/t13-/m1/s1. The number of nitrogens with one attached hydrogen (secondary N) is 1. The van der Waals surface area contributed by atoms with E-state index in [4.69, 9.17) is 25.8 Å². The molecule has 0 saturated carbocycles. The molecular weight excluding hydrogens is 330 g/mol. The van der Waals surface area contributed by atoms with Crippen LogP contribution in [-0.4, -0.2) is 27.2 Å². The molecule has 1 amide bonds. The Kier molecular flexibility index (Phi) is 4.53. The number of hydrogen-bond donors (Lipinski definition) is 1. The zero-order valence-corrected chi connectivity index (χ0v) is 14.4. The van der Waals surface area contributed by atoms with Crippen LogP contribution in [0.1, 0.15) is 17.0 Å². The predicted molar refractivity (Wildman–Crippen MR) is 92.6 cm³/mol.